The summed E-state index contributed by atoms with van der Waals surface area (Å²) in [7, 11) is 1.76. The Morgan fingerprint density at radius 3 is 2.74 bits per heavy atom. The summed E-state index contributed by atoms with van der Waals surface area (Å²) in [6.07, 6.45) is 5.69. The molecule has 0 amide bonds. The first-order chi connectivity index (χ1) is 9.05. The van der Waals surface area contributed by atoms with Crippen molar-refractivity contribution in [3.05, 3.63) is 34.9 Å². The van der Waals surface area contributed by atoms with E-state index in [0.717, 1.165) is 12.8 Å². The van der Waals surface area contributed by atoms with Crippen LogP contribution in [0.5, 0.6) is 0 Å². The van der Waals surface area contributed by atoms with E-state index in [2.05, 4.69) is 37.5 Å². The first-order valence-electron chi connectivity index (χ1n) is 7.19. The molecule has 1 aliphatic carbocycles. The van der Waals surface area contributed by atoms with Gasteiger partial charge in [0.15, 0.2) is 0 Å². The Morgan fingerprint density at radius 2 is 2.05 bits per heavy atom. The van der Waals surface area contributed by atoms with Crippen molar-refractivity contribution in [1.29, 1.82) is 0 Å². The molecule has 0 aromatic heterocycles. The average molecular weight is 262 g/mol. The van der Waals surface area contributed by atoms with E-state index in [4.69, 9.17) is 10.6 Å². The van der Waals surface area contributed by atoms with Gasteiger partial charge in [-0.1, -0.05) is 18.2 Å². The van der Waals surface area contributed by atoms with Crippen LogP contribution in [-0.4, -0.2) is 12.7 Å². The highest BCUT2D eigenvalue weighted by atomic mass is 16.5. The van der Waals surface area contributed by atoms with Crippen molar-refractivity contribution in [1.82, 2.24) is 5.43 Å². The number of ether oxygens (including phenoxy) is 1. The number of methoxy groups -OCH3 is 1. The van der Waals surface area contributed by atoms with Crippen molar-refractivity contribution in [2.75, 3.05) is 7.11 Å². The second kappa shape index (κ2) is 6.04. The second-order valence-corrected chi connectivity index (χ2v) is 6.10. The van der Waals surface area contributed by atoms with Gasteiger partial charge in [0.1, 0.15) is 0 Å². The fraction of sp³-hybridized carbons (Fsp3) is 0.625. The lowest BCUT2D eigenvalue weighted by Crippen LogP contribution is -2.31. The molecule has 1 atom stereocenters. The van der Waals surface area contributed by atoms with Gasteiger partial charge < -0.3 is 4.74 Å². The molecule has 1 unspecified atom stereocenters. The minimum Gasteiger partial charge on any atom is -0.379 e. The number of hydrazine groups is 1. The molecule has 1 aromatic rings. The zero-order valence-corrected chi connectivity index (χ0v) is 12.3. The molecule has 1 aliphatic rings. The Morgan fingerprint density at radius 1 is 1.32 bits per heavy atom. The van der Waals surface area contributed by atoms with Gasteiger partial charge in [-0.3, -0.25) is 11.3 Å². The first kappa shape index (κ1) is 14.5. The zero-order chi connectivity index (χ0) is 13.9. The molecule has 3 N–H and O–H groups in total. The van der Waals surface area contributed by atoms with Crippen LogP contribution < -0.4 is 11.3 Å². The molecular formula is C16H26N2O. The van der Waals surface area contributed by atoms with Crippen LogP contribution in [0.4, 0.5) is 0 Å². The smallest absolute Gasteiger partial charge is 0.0623 e. The summed E-state index contributed by atoms with van der Waals surface area (Å²) >= 11 is 0. The quantitative estimate of drug-likeness (QED) is 0.612. The van der Waals surface area contributed by atoms with Gasteiger partial charge in [-0.2, -0.15) is 0 Å². The highest BCUT2D eigenvalue weighted by Gasteiger charge is 2.20. The lowest BCUT2D eigenvalue weighted by Gasteiger charge is -2.26. The maximum atomic E-state index is 5.73. The predicted molar refractivity (Wildman–Crippen MR) is 78.9 cm³/mol. The number of fused-ring (bicyclic) bond motifs is 1. The van der Waals surface area contributed by atoms with E-state index in [9.17, 15) is 0 Å². The molecule has 0 bridgehead atoms. The van der Waals surface area contributed by atoms with Gasteiger partial charge in [-0.05, 0) is 62.6 Å². The highest BCUT2D eigenvalue weighted by Crippen LogP contribution is 2.28. The molecule has 19 heavy (non-hydrogen) atoms. The number of aryl methyl sites for hydroxylation is 2. The first-order valence-corrected chi connectivity index (χ1v) is 7.19. The highest BCUT2D eigenvalue weighted by molar-refractivity contribution is 5.36. The van der Waals surface area contributed by atoms with Gasteiger partial charge in [0.25, 0.3) is 0 Å². The van der Waals surface area contributed by atoms with Gasteiger partial charge >= 0.3 is 0 Å². The molecule has 0 saturated heterocycles. The third-order valence-corrected chi connectivity index (χ3v) is 4.31. The molecular weight excluding hydrogens is 236 g/mol. The van der Waals surface area contributed by atoms with Crippen LogP contribution in [-0.2, 0) is 17.6 Å². The van der Waals surface area contributed by atoms with Crippen LogP contribution in [0, 0.1) is 0 Å². The average Bonchev–Trinajstić information content (AvgIpc) is 2.87. The van der Waals surface area contributed by atoms with Crippen LogP contribution in [0.15, 0.2) is 18.2 Å². The van der Waals surface area contributed by atoms with Crippen molar-refractivity contribution in [3.8, 4) is 0 Å². The summed E-state index contributed by atoms with van der Waals surface area (Å²) in [5.41, 5.74) is 7.17. The Bertz CT molecular complexity index is 429. The van der Waals surface area contributed by atoms with Crippen LogP contribution >= 0.6 is 0 Å². The topological polar surface area (TPSA) is 47.3 Å². The molecule has 106 valence electrons. The lowest BCUT2D eigenvalue weighted by molar-refractivity contribution is 0.0117. The molecule has 3 nitrogen and oxygen atoms in total. The Hall–Kier alpha value is -0.900. The Labute approximate surface area is 116 Å². The minimum absolute atomic E-state index is 0.0914. The second-order valence-electron chi connectivity index (χ2n) is 6.10. The van der Waals surface area contributed by atoms with Crippen molar-refractivity contribution in [2.45, 2.75) is 57.6 Å². The molecule has 0 fully saturated rings. The normalized spacial score (nSPS) is 16.4. The maximum absolute atomic E-state index is 5.73. The fourth-order valence-electron chi connectivity index (χ4n) is 2.75. The van der Waals surface area contributed by atoms with Gasteiger partial charge in [-0.15, -0.1) is 0 Å². The molecule has 3 heteroatoms. The van der Waals surface area contributed by atoms with E-state index in [1.165, 1.54) is 36.0 Å². The van der Waals surface area contributed by atoms with E-state index < -0.39 is 0 Å². The third-order valence-electron chi connectivity index (χ3n) is 4.31. The van der Waals surface area contributed by atoms with Gasteiger partial charge in [0, 0.05) is 13.2 Å². The molecule has 1 aromatic carbocycles. The molecule has 0 saturated carbocycles. The minimum atomic E-state index is -0.0914. The molecule has 0 spiro atoms. The summed E-state index contributed by atoms with van der Waals surface area (Å²) in [5, 5.41) is 0. The standard InChI is InChI=1S/C16H26N2O/c1-16(2,19-3)10-9-15(18-17)14-8-7-12-5-4-6-13(12)11-14/h7-8,11,15,18H,4-6,9-10,17H2,1-3H3. The Kier molecular flexibility index (Phi) is 4.61. The summed E-state index contributed by atoms with van der Waals surface area (Å²) in [4.78, 5) is 0. The largest absolute Gasteiger partial charge is 0.379 e. The molecule has 0 heterocycles. The van der Waals surface area contributed by atoms with Crippen molar-refractivity contribution >= 4 is 0 Å². The van der Waals surface area contributed by atoms with Crippen molar-refractivity contribution in [3.63, 3.8) is 0 Å². The SMILES string of the molecule is COC(C)(C)CCC(NN)c1ccc2c(c1)CCC2. The molecule has 0 aliphatic heterocycles. The van der Waals surface area contributed by atoms with Crippen molar-refractivity contribution < 1.29 is 4.74 Å². The van der Waals surface area contributed by atoms with E-state index in [1.54, 1.807) is 7.11 Å². The number of rotatable bonds is 6. The van der Waals surface area contributed by atoms with Crippen LogP contribution in [0.3, 0.4) is 0 Å². The van der Waals surface area contributed by atoms with Gasteiger partial charge in [0.2, 0.25) is 0 Å². The summed E-state index contributed by atoms with van der Waals surface area (Å²) in [6.45, 7) is 4.23. The van der Waals surface area contributed by atoms with Gasteiger partial charge in [-0.25, -0.2) is 0 Å². The van der Waals surface area contributed by atoms with Crippen LogP contribution in [0.25, 0.3) is 0 Å². The van der Waals surface area contributed by atoms with Crippen LogP contribution in [0.1, 0.15) is 55.8 Å². The predicted octanol–water partition coefficient (Wildman–Crippen LogP) is 2.88. The fourth-order valence-corrected chi connectivity index (χ4v) is 2.75. The molecule has 0 radical (unpaired) electrons. The number of nitrogens with one attached hydrogen (secondary N) is 1. The summed E-state index contributed by atoms with van der Waals surface area (Å²) in [6, 6.07) is 7.02. The Balaban J connectivity index is 2.05. The monoisotopic (exact) mass is 262 g/mol. The van der Waals surface area contributed by atoms with Crippen molar-refractivity contribution in [2.24, 2.45) is 5.84 Å². The summed E-state index contributed by atoms with van der Waals surface area (Å²) in [5.74, 6) is 5.73. The number of nitrogens with two attached hydrogens (primary N) is 1. The number of hydrogen-bond donors (Lipinski definition) is 2. The van der Waals surface area contributed by atoms with E-state index >= 15 is 0 Å². The summed E-state index contributed by atoms with van der Waals surface area (Å²) < 4.78 is 5.47. The number of hydrogen-bond acceptors (Lipinski definition) is 3. The molecule has 2 rings (SSSR count). The number of benzene rings is 1. The van der Waals surface area contributed by atoms with E-state index in [0.29, 0.717) is 0 Å². The van der Waals surface area contributed by atoms with Gasteiger partial charge in [0.05, 0.1) is 5.60 Å². The maximum Gasteiger partial charge on any atom is 0.0623 e. The third kappa shape index (κ3) is 3.56. The lowest BCUT2D eigenvalue weighted by atomic mass is 9.93. The van der Waals surface area contributed by atoms with E-state index in [-0.39, 0.29) is 11.6 Å². The van der Waals surface area contributed by atoms with Crippen LogP contribution in [0.2, 0.25) is 0 Å². The van der Waals surface area contributed by atoms with E-state index in [1.807, 2.05) is 0 Å². The zero-order valence-electron chi connectivity index (χ0n) is 12.3.